The fourth-order valence-electron chi connectivity index (χ4n) is 4.73. The standard InChI is InChI=1S/C21H29N9O/c1-13-10-30-18(26-20(13)28-7-5-14(22)11-28)8-16(27-30)17-4-2-3-6-29(17)21(31)15-9-24-12-25-19(15)23/h8-10,12,14,17,19H,2-7,11,22-23H2,1H3,(H,24,25)/t14-,17-,19?/m0/s1. The van der Waals surface area contributed by atoms with Crippen LogP contribution in [0, 0.1) is 6.92 Å². The molecule has 164 valence electrons. The third-order valence-electron chi connectivity index (χ3n) is 6.37. The first-order valence-corrected chi connectivity index (χ1v) is 10.9. The highest BCUT2D eigenvalue weighted by atomic mass is 16.2. The quantitative estimate of drug-likeness (QED) is 0.652. The number of fused-ring (bicyclic) bond motifs is 1. The number of aromatic nitrogens is 3. The molecule has 0 bridgehead atoms. The van der Waals surface area contributed by atoms with E-state index in [1.807, 2.05) is 28.6 Å². The van der Waals surface area contributed by atoms with Gasteiger partial charge in [0.05, 0.1) is 23.6 Å². The van der Waals surface area contributed by atoms with Crippen molar-refractivity contribution in [1.29, 1.82) is 0 Å². The van der Waals surface area contributed by atoms with Gasteiger partial charge in [-0.15, -0.1) is 0 Å². The second-order valence-corrected chi connectivity index (χ2v) is 8.61. The summed E-state index contributed by atoms with van der Waals surface area (Å²) in [4.78, 5) is 26.4. The van der Waals surface area contributed by atoms with Crippen LogP contribution in [-0.2, 0) is 4.79 Å². The monoisotopic (exact) mass is 423 g/mol. The summed E-state index contributed by atoms with van der Waals surface area (Å²) in [6, 6.07) is 2.09. The van der Waals surface area contributed by atoms with Crippen LogP contribution in [0.2, 0.25) is 0 Å². The number of hydrogen-bond acceptors (Lipinski definition) is 8. The van der Waals surface area contributed by atoms with E-state index >= 15 is 0 Å². The van der Waals surface area contributed by atoms with Gasteiger partial charge in [0.15, 0.2) is 5.65 Å². The molecule has 1 amide bonds. The molecule has 5 heterocycles. The maximum atomic E-state index is 13.3. The fourth-order valence-corrected chi connectivity index (χ4v) is 4.73. The lowest BCUT2D eigenvalue weighted by atomic mass is 9.98. The SMILES string of the molecule is Cc1cn2nc([C@@H]3CCCCN3C(=O)C3=CNC=NC3N)cc2nc1N1CC[C@H](N)C1. The Morgan fingerprint density at radius 1 is 1.23 bits per heavy atom. The number of piperidine rings is 1. The zero-order valence-electron chi connectivity index (χ0n) is 17.7. The zero-order valence-corrected chi connectivity index (χ0v) is 17.7. The van der Waals surface area contributed by atoms with Gasteiger partial charge in [0.2, 0.25) is 0 Å². The maximum absolute atomic E-state index is 13.3. The zero-order chi connectivity index (χ0) is 21.5. The molecular weight excluding hydrogens is 394 g/mol. The van der Waals surface area contributed by atoms with Crippen molar-refractivity contribution in [2.75, 3.05) is 24.5 Å². The summed E-state index contributed by atoms with van der Waals surface area (Å²) in [7, 11) is 0. The maximum Gasteiger partial charge on any atom is 0.255 e. The summed E-state index contributed by atoms with van der Waals surface area (Å²) >= 11 is 0. The largest absolute Gasteiger partial charge is 0.355 e. The molecule has 2 aromatic heterocycles. The molecule has 31 heavy (non-hydrogen) atoms. The van der Waals surface area contributed by atoms with Gasteiger partial charge in [-0.2, -0.15) is 5.10 Å². The van der Waals surface area contributed by atoms with Crippen molar-refractivity contribution in [1.82, 2.24) is 24.8 Å². The summed E-state index contributed by atoms with van der Waals surface area (Å²) in [5, 5.41) is 7.68. The molecule has 0 spiro atoms. The van der Waals surface area contributed by atoms with Crippen LogP contribution in [0.1, 0.15) is 43.0 Å². The van der Waals surface area contributed by atoms with E-state index in [1.54, 1.807) is 6.20 Å². The summed E-state index contributed by atoms with van der Waals surface area (Å²) in [6.45, 7) is 4.47. The number of carbonyl (C=O) groups is 1. The third kappa shape index (κ3) is 3.66. The summed E-state index contributed by atoms with van der Waals surface area (Å²) in [6.07, 6.45) is 8.38. The van der Waals surface area contributed by atoms with Crippen LogP contribution < -0.4 is 21.7 Å². The van der Waals surface area contributed by atoms with Gasteiger partial charge < -0.3 is 26.6 Å². The molecule has 5 rings (SSSR count). The third-order valence-corrected chi connectivity index (χ3v) is 6.37. The molecule has 3 aliphatic heterocycles. The van der Waals surface area contributed by atoms with Crippen LogP contribution in [0.3, 0.4) is 0 Å². The molecule has 0 saturated carbocycles. The van der Waals surface area contributed by atoms with E-state index in [1.165, 1.54) is 6.34 Å². The number of amides is 1. The van der Waals surface area contributed by atoms with Crippen LogP contribution >= 0.6 is 0 Å². The van der Waals surface area contributed by atoms with Gasteiger partial charge in [-0.3, -0.25) is 9.79 Å². The van der Waals surface area contributed by atoms with Crippen molar-refractivity contribution in [2.45, 2.75) is 50.9 Å². The van der Waals surface area contributed by atoms with Crippen molar-refractivity contribution < 1.29 is 4.79 Å². The first kappa shape index (κ1) is 20.0. The topological polar surface area (TPSA) is 130 Å². The Labute approximate surface area is 181 Å². The van der Waals surface area contributed by atoms with Crippen molar-refractivity contribution >= 4 is 23.7 Å². The normalized spacial score (nSPS) is 26.3. The Hall–Kier alpha value is -2.98. The van der Waals surface area contributed by atoms with E-state index in [4.69, 9.17) is 21.5 Å². The van der Waals surface area contributed by atoms with Gasteiger partial charge in [-0.1, -0.05) is 0 Å². The van der Waals surface area contributed by atoms with E-state index in [0.717, 1.165) is 61.5 Å². The van der Waals surface area contributed by atoms with Crippen LogP contribution in [0.15, 0.2) is 29.0 Å². The number of aliphatic imine (C=N–C) groups is 1. The number of aryl methyl sites for hydroxylation is 1. The molecule has 3 aliphatic rings. The molecule has 5 N–H and O–H groups in total. The average Bonchev–Trinajstić information content (AvgIpc) is 3.38. The first-order valence-electron chi connectivity index (χ1n) is 10.9. The van der Waals surface area contributed by atoms with E-state index in [9.17, 15) is 4.79 Å². The molecule has 10 heteroatoms. The Morgan fingerprint density at radius 3 is 2.87 bits per heavy atom. The molecule has 3 atom stereocenters. The van der Waals surface area contributed by atoms with E-state index in [0.29, 0.717) is 12.1 Å². The molecule has 10 nitrogen and oxygen atoms in total. The van der Waals surface area contributed by atoms with Crippen molar-refractivity contribution in [3.8, 4) is 0 Å². The highest BCUT2D eigenvalue weighted by molar-refractivity contribution is 5.96. The number of nitrogens with zero attached hydrogens (tertiary/aromatic N) is 6. The molecule has 2 aromatic rings. The Morgan fingerprint density at radius 2 is 2.10 bits per heavy atom. The molecule has 0 aromatic carbocycles. The van der Waals surface area contributed by atoms with Gasteiger partial charge in [0.25, 0.3) is 5.91 Å². The lowest BCUT2D eigenvalue weighted by Gasteiger charge is -2.36. The highest BCUT2D eigenvalue weighted by Crippen LogP contribution is 2.33. The second kappa shape index (κ2) is 7.93. The lowest BCUT2D eigenvalue weighted by Crippen LogP contribution is -2.44. The number of carbonyl (C=O) groups excluding carboxylic acids is 1. The number of nitrogens with two attached hydrogens (primary N) is 2. The van der Waals surface area contributed by atoms with E-state index in [-0.39, 0.29) is 18.0 Å². The van der Waals surface area contributed by atoms with Gasteiger partial charge in [0.1, 0.15) is 12.0 Å². The van der Waals surface area contributed by atoms with E-state index < -0.39 is 6.17 Å². The number of rotatable bonds is 3. The number of anilines is 1. The van der Waals surface area contributed by atoms with Gasteiger partial charge in [-0.25, -0.2) is 9.50 Å². The molecule has 0 radical (unpaired) electrons. The predicted molar refractivity (Wildman–Crippen MR) is 119 cm³/mol. The summed E-state index contributed by atoms with van der Waals surface area (Å²) in [5.41, 5.74) is 15.3. The van der Waals surface area contributed by atoms with Crippen molar-refractivity contribution in [3.63, 3.8) is 0 Å². The smallest absolute Gasteiger partial charge is 0.255 e. The minimum atomic E-state index is -0.642. The number of likely N-dealkylation sites (tertiary alicyclic amines) is 1. The van der Waals surface area contributed by atoms with Crippen LogP contribution in [0.4, 0.5) is 5.82 Å². The highest BCUT2D eigenvalue weighted by Gasteiger charge is 2.34. The van der Waals surface area contributed by atoms with E-state index in [2.05, 4.69) is 15.2 Å². The van der Waals surface area contributed by atoms with Crippen LogP contribution in [-0.4, -0.2) is 63.6 Å². The molecular formula is C21H29N9O. The molecule has 2 saturated heterocycles. The van der Waals surface area contributed by atoms with Crippen LogP contribution in [0.25, 0.3) is 5.65 Å². The van der Waals surface area contributed by atoms with Crippen molar-refractivity contribution in [2.24, 2.45) is 16.5 Å². The van der Waals surface area contributed by atoms with Gasteiger partial charge in [-0.05, 0) is 32.6 Å². The number of hydrogen-bond donors (Lipinski definition) is 3. The predicted octanol–water partition coefficient (Wildman–Crippen LogP) is 0.429. The Kier molecular flexibility index (Phi) is 5.11. The molecule has 1 unspecified atom stereocenters. The summed E-state index contributed by atoms with van der Waals surface area (Å²) in [5.74, 6) is 0.875. The van der Waals surface area contributed by atoms with Gasteiger partial charge >= 0.3 is 0 Å². The first-order chi connectivity index (χ1) is 15.0. The molecule has 2 fully saturated rings. The molecule has 0 aliphatic carbocycles. The van der Waals surface area contributed by atoms with Crippen molar-refractivity contribution in [3.05, 3.63) is 35.3 Å². The minimum Gasteiger partial charge on any atom is -0.355 e. The summed E-state index contributed by atoms with van der Waals surface area (Å²) < 4.78 is 1.82. The van der Waals surface area contributed by atoms with Crippen LogP contribution in [0.5, 0.6) is 0 Å². The fraction of sp³-hybridized carbons (Fsp3) is 0.524. The second-order valence-electron chi connectivity index (χ2n) is 8.61. The number of nitrogens with one attached hydrogen (secondary N) is 1. The minimum absolute atomic E-state index is 0.0884. The Balaban J connectivity index is 1.45. The lowest BCUT2D eigenvalue weighted by molar-refractivity contribution is -0.131. The Bertz CT molecular complexity index is 1060. The van der Waals surface area contributed by atoms with Gasteiger partial charge in [0, 0.05) is 49.7 Å². The average molecular weight is 424 g/mol.